The molecule has 11 heavy (non-hydrogen) atoms. The lowest BCUT2D eigenvalue weighted by atomic mass is 10.4. The molecule has 4 heteroatoms. The van der Waals surface area contributed by atoms with E-state index in [2.05, 4.69) is 5.16 Å². The summed E-state index contributed by atoms with van der Waals surface area (Å²) in [5.41, 5.74) is 0.305. The van der Waals surface area contributed by atoms with E-state index in [1.54, 1.807) is 6.07 Å². The zero-order valence-corrected chi connectivity index (χ0v) is 6.24. The molecule has 0 aliphatic carbocycles. The smallest absolute Gasteiger partial charge is 0.171 e. The Balaban J connectivity index is 2.51. The molecular weight excluding hydrogens is 146 g/mol. The van der Waals surface area contributed by atoms with E-state index in [0.29, 0.717) is 31.0 Å². The first-order valence-corrected chi connectivity index (χ1v) is 3.35. The van der Waals surface area contributed by atoms with Crippen molar-refractivity contribution in [2.24, 2.45) is 0 Å². The number of aldehydes is 1. The monoisotopic (exact) mass is 155 g/mol. The minimum atomic E-state index is 0.305. The number of hydrogen-bond donors (Lipinski definition) is 0. The van der Waals surface area contributed by atoms with Crippen molar-refractivity contribution in [2.45, 2.75) is 13.5 Å². The predicted octanol–water partition coefficient (Wildman–Crippen LogP) is 1.02. The Bertz CT molecular complexity index is 231. The lowest BCUT2D eigenvalue weighted by Crippen LogP contribution is -1.88. The molecule has 0 atom stereocenters. The zero-order valence-electron chi connectivity index (χ0n) is 6.24. The van der Waals surface area contributed by atoms with Gasteiger partial charge < -0.3 is 9.26 Å². The van der Waals surface area contributed by atoms with E-state index in [4.69, 9.17) is 9.26 Å². The first-order valence-electron chi connectivity index (χ1n) is 3.35. The van der Waals surface area contributed by atoms with Gasteiger partial charge in [0.05, 0.1) is 0 Å². The van der Waals surface area contributed by atoms with Gasteiger partial charge in [0.25, 0.3) is 0 Å². The van der Waals surface area contributed by atoms with Crippen molar-refractivity contribution >= 4 is 6.29 Å². The summed E-state index contributed by atoms with van der Waals surface area (Å²) < 4.78 is 9.78. The van der Waals surface area contributed by atoms with Crippen molar-refractivity contribution < 1.29 is 14.1 Å². The number of rotatable bonds is 4. The average molecular weight is 155 g/mol. The van der Waals surface area contributed by atoms with Crippen molar-refractivity contribution in [2.75, 3.05) is 6.61 Å². The molecule has 0 saturated carbocycles. The molecule has 1 aromatic rings. The van der Waals surface area contributed by atoms with Crippen molar-refractivity contribution in [1.29, 1.82) is 0 Å². The average Bonchev–Trinajstić information content (AvgIpc) is 2.48. The molecule has 0 spiro atoms. The van der Waals surface area contributed by atoms with Crippen LogP contribution < -0.4 is 0 Å². The molecule has 0 bridgehead atoms. The molecule has 4 nitrogen and oxygen atoms in total. The van der Waals surface area contributed by atoms with Gasteiger partial charge in [-0.1, -0.05) is 5.16 Å². The molecule has 1 aromatic heterocycles. The third kappa shape index (κ3) is 2.16. The molecule has 0 aliphatic rings. The summed E-state index contributed by atoms with van der Waals surface area (Å²) in [5, 5.41) is 3.46. The lowest BCUT2D eigenvalue weighted by molar-refractivity contribution is 0.109. The number of aromatic nitrogens is 1. The summed E-state index contributed by atoms with van der Waals surface area (Å²) in [4.78, 5) is 10.1. The van der Waals surface area contributed by atoms with Crippen LogP contribution in [-0.2, 0) is 11.3 Å². The normalized spacial score (nSPS) is 9.91. The molecule has 0 saturated heterocycles. The second-order valence-electron chi connectivity index (χ2n) is 1.97. The number of carbonyl (C=O) groups is 1. The summed E-state index contributed by atoms with van der Waals surface area (Å²) >= 11 is 0. The van der Waals surface area contributed by atoms with Gasteiger partial charge in [0.1, 0.15) is 12.3 Å². The van der Waals surface area contributed by atoms with Crippen LogP contribution in [0.3, 0.4) is 0 Å². The maximum atomic E-state index is 10.1. The van der Waals surface area contributed by atoms with E-state index in [9.17, 15) is 4.79 Å². The fourth-order valence-corrected chi connectivity index (χ4v) is 0.655. The SMILES string of the molecule is CCOCc1cc(C=O)no1. The van der Waals surface area contributed by atoms with Crippen LogP contribution >= 0.6 is 0 Å². The fraction of sp³-hybridized carbons (Fsp3) is 0.429. The third-order valence-electron chi connectivity index (χ3n) is 1.15. The van der Waals surface area contributed by atoms with E-state index in [1.165, 1.54) is 0 Å². The van der Waals surface area contributed by atoms with Crippen LogP contribution in [0.25, 0.3) is 0 Å². The van der Waals surface area contributed by atoms with Gasteiger partial charge in [-0.3, -0.25) is 4.79 Å². The van der Waals surface area contributed by atoms with Gasteiger partial charge >= 0.3 is 0 Å². The minimum absolute atomic E-state index is 0.305. The second-order valence-corrected chi connectivity index (χ2v) is 1.97. The zero-order chi connectivity index (χ0) is 8.10. The summed E-state index contributed by atoms with van der Waals surface area (Å²) in [7, 11) is 0. The Morgan fingerprint density at radius 3 is 3.18 bits per heavy atom. The number of hydrogen-bond acceptors (Lipinski definition) is 4. The van der Waals surface area contributed by atoms with Gasteiger partial charge in [-0.05, 0) is 6.92 Å². The largest absolute Gasteiger partial charge is 0.374 e. The number of carbonyl (C=O) groups excluding carboxylic acids is 1. The molecule has 1 heterocycles. The van der Waals surface area contributed by atoms with Crippen LogP contribution in [0, 0.1) is 0 Å². The first kappa shape index (κ1) is 7.94. The van der Waals surface area contributed by atoms with Crippen LogP contribution in [0.1, 0.15) is 23.2 Å². The quantitative estimate of drug-likeness (QED) is 0.609. The highest BCUT2D eigenvalue weighted by Gasteiger charge is 2.01. The maximum absolute atomic E-state index is 10.1. The molecule has 0 amide bonds. The molecule has 0 fully saturated rings. The Morgan fingerprint density at radius 2 is 2.64 bits per heavy atom. The second kappa shape index (κ2) is 3.88. The third-order valence-corrected chi connectivity index (χ3v) is 1.15. The minimum Gasteiger partial charge on any atom is -0.374 e. The van der Waals surface area contributed by atoms with E-state index < -0.39 is 0 Å². The van der Waals surface area contributed by atoms with Crippen LogP contribution in [0.15, 0.2) is 10.6 Å². The molecule has 0 unspecified atom stereocenters. The molecule has 0 radical (unpaired) electrons. The number of ether oxygens (including phenoxy) is 1. The molecule has 0 aliphatic heterocycles. The van der Waals surface area contributed by atoms with Crippen LogP contribution in [0.5, 0.6) is 0 Å². The Labute approximate surface area is 64.1 Å². The van der Waals surface area contributed by atoms with E-state index >= 15 is 0 Å². The highest BCUT2D eigenvalue weighted by molar-refractivity contribution is 5.71. The van der Waals surface area contributed by atoms with Gasteiger partial charge in [0.15, 0.2) is 12.0 Å². The molecule has 0 aromatic carbocycles. The number of nitrogens with zero attached hydrogens (tertiary/aromatic N) is 1. The maximum Gasteiger partial charge on any atom is 0.171 e. The topological polar surface area (TPSA) is 52.3 Å². The van der Waals surface area contributed by atoms with Crippen LogP contribution in [0.2, 0.25) is 0 Å². The van der Waals surface area contributed by atoms with Gasteiger partial charge in [0, 0.05) is 12.7 Å². The van der Waals surface area contributed by atoms with Crippen molar-refractivity contribution in [3.05, 3.63) is 17.5 Å². The molecule has 1 rings (SSSR count). The highest BCUT2D eigenvalue weighted by atomic mass is 16.5. The van der Waals surface area contributed by atoms with E-state index in [-0.39, 0.29) is 0 Å². The van der Waals surface area contributed by atoms with Crippen LogP contribution in [-0.4, -0.2) is 18.0 Å². The van der Waals surface area contributed by atoms with Crippen LogP contribution in [0.4, 0.5) is 0 Å². The highest BCUT2D eigenvalue weighted by Crippen LogP contribution is 2.02. The first-order chi connectivity index (χ1) is 5.36. The Morgan fingerprint density at radius 1 is 1.82 bits per heavy atom. The van der Waals surface area contributed by atoms with Gasteiger partial charge in [-0.15, -0.1) is 0 Å². The standard InChI is InChI=1S/C7H9NO3/c1-2-10-5-7-3-6(4-9)8-11-7/h3-4H,2,5H2,1H3. The van der Waals surface area contributed by atoms with Gasteiger partial charge in [-0.25, -0.2) is 0 Å². The van der Waals surface area contributed by atoms with Crippen molar-refractivity contribution in [1.82, 2.24) is 5.16 Å². The van der Waals surface area contributed by atoms with Crippen molar-refractivity contribution in [3.8, 4) is 0 Å². The van der Waals surface area contributed by atoms with E-state index in [0.717, 1.165) is 0 Å². The lowest BCUT2D eigenvalue weighted by Gasteiger charge is -1.92. The summed E-state index contributed by atoms with van der Waals surface area (Å²) in [6, 6.07) is 1.56. The molecular formula is C7H9NO3. The van der Waals surface area contributed by atoms with E-state index in [1.807, 2.05) is 6.92 Å². The van der Waals surface area contributed by atoms with Gasteiger partial charge in [-0.2, -0.15) is 0 Å². The summed E-state index contributed by atoms with van der Waals surface area (Å²) in [5.74, 6) is 0.578. The summed E-state index contributed by atoms with van der Waals surface area (Å²) in [6.07, 6.45) is 0.638. The fourth-order valence-electron chi connectivity index (χ4n) is 0.655. The Hall–Kier alpha value is -1.16. The van der Waals surface area contributed by atoms with Gasteiger partial charge in [0.2, 0.25) is 0 Å². The molecule has 0 N–H and O–H groups in total. The summed E-state index contributed by atoms with van der Waals surface area (Å²) in [6.45, 7) is 2.88. The molecule has 60 valence electrons. The Kier molecular flexibility index (Phi) is 2.80. The predicted molar refractivity (Wildman–Crippen MR) is 37.2 cm³/mol. The van der Waals surface area contributed by atoms with Crippen molar-refractivity contribution in [3.63, 3.8) is 0 Å².